The van der Waals surface area contributed by atoms with E-state index >= 15 is 0 Å². The molecule has 5 atom stereocenters. The lowest BCUT2D eigenvalue weighted by atomic mass is 9.59. The van der Waals surface area contributed by atoms with Crippen LogP contribution in [-0.4, -0.2) is 24.7 Å². The fourth-order valence-electron chi connectivity index (χ4n) is 6.27. The molecule has 3 heteroatoms. The van der Waals surface area contributed by atoms with Crippen LogP contribution >= 0.6 is 0 Å². The van der Waals surface area contributed by atoms with E-state index in [1.165, 1.54) is 18.4 Å². The molecule has 4 rings (SSSR count). The molecule has 1 aliphatic heterocycles. The van der Waals surface area contributed by atoms with Crippen LogP contribution in [0.5, 0.6) is 0 Å². The average molecular weight is 356 g/mol. The molecule has 2 aliphatic carbocycles. The molecule has 3 nitrogen and oxygen atoms in total. The number of rotatable bonds is 4. The summed E-state index contributed by atoms with van der Waals surface area (Å²) in [6.45, 7) is 9.55. The molecule has 142 valence electrons. The van der Waals surface area contributed by atoms with E-state index in [-0.39, 0.29) is 34.8 Å². The highest BCUT2D eigenvalue weighted by molar-refractivity contribution is 5.78. The van der Waals surface area contributed by atoms with Crippen LogP contribution in [0, 0.1) is 28.6 Å². The normalized spacial score (nSPS) is 37.6. The van der Waals surface area contributed by atoms with E-state index in [0.717, 1.165) is 19.4 Å². The second-order valence-corrected chi connectivity index (χ2v) is 9.74. The summed E-state index contributed by atoms with van der Waals surface area (Å²) >= 11 is 0. The Labute approximate surface area is 157 Å². The first kappa shape index (κ1) is 18.0. The Bertz CT molecular complexity index is 668. The predicted molar refractivity (Wildman–Crippen MR) is 104 cm³/mol. The molecule has 2 bridgehead atoms. The van der Waals surface area contributed by atoms with Crippen LogP contribution in [0.25, 0.3) is 0 Å². The highest BCUT2D eigenvalue weighted by atomic mass is 16.5. The molecule has 1 saturated heterocycles. The molecular formula is C23H33NO2. The maximum atomic E-state index is 12.6. The van der Waals surface area contributed by atoms with Gasteiger partial charge in [0, 0.05) is 18.6 Å². The van der Waals surface area contributed by atoms with E-state index in [2.05, 4.69) is 49.5 Å². The molecule has 26 heavy (non-hydrogen) atoms. The van der Waals surface area contributed by atoms with Crippen LogP contribution in [-0.2, 0) is 16.0 Å². The first-order valence-electron chi connectivity index (χ1n) is 10.3. The molecule has 0 aromatic heterocycles. The zero-order chi connectivity index (χ0) is 18.5. The number of hydrogen-bond donors (Lipinski definition) is 1. The number of carbonyl (C=O) groups excluding carboxylic acids is 1. The Balaban J connectivity index is 1.61. The molecular weight excluding hydrogens is 322 g/mol. The summed E-state index contributed by atoms with van der Waals surface area (Å²) in [6.07, 6.45) is 4.86. The first-order valence-corrected chi connectivity index (χ1v) is 10.3. The summed E-state index contributed by atoms with van der Waals surface area (Å²) in [5.74, 6) is 1.49. The smallest absolute Gasteiger partial charge is 0.222 e. The molecule has 1 aromatic carbocycles. The third kappa shape index (κ3) is 2.70. The molecule has 0 radical (unpaired) electrons. The standard InChI is InChI=1S/C23H33NO2/c1-15(2)20(25)24-21-22(3,4)17-13-18-19(12-16-8-6-5-7-9-16)26-11-10-23(18,21)14-17/h5-9,15,17-19,21H,10-14H2,1-4H3,(H,24,25)/t17-,18-,19-,21+,23?/m1/s1. The zero-order valence-electron chi connectivity index (χ0n) is 16.6. The van der Waals surface area contributed by atoms with Crippen LogP contribution in [0.4, 0.5) is 0 Å². The fraction of sp³-hybridized carbons (Fsp3) is 0.696. The maximum Gasteiger partial charge on any atom is 0.222 e. The van der Waals surface area contributed by atoms with E-state index in [1.807, 2.05) is 13.8 Å². The number of ether oxygens (including phenoxy) is 1. The molecule has 3 fully saturated rings. The van der Waals surface area contributed by atoms with Gasteiger partial charge in [-0.15, -0.1) is 0 Å². The Morgan fingerprint density at radius 1 is 1.27 bits per heavy atom. The van der Waals surface area contributed by atoms with Crippen molar-refractivity contribution in [2.75, 3.05) is 6.61 Å². The number of amides is 1. The summed E-state index contributed by atoms with van der Waals surface area (Å²) in [4.78, 5) is 12.6. The number of benzene rings is 1. The Morgan fingerprint density at radius 2 is 2.00 bits per heavy atom. The van der Waals surface area contributed by atoms with Gasteiger partial charge < -0.3 is 10.1 Å². The van der Waals surface area contributed by atoms with Gasteiger partial charge in [-0.25, -0.2) is 0 Å². The van der Waals surface area contributed by atoms with Crippen molar-refractivity contribution in [3.8, 4) is 0 Å². The van der Waals surface area contributed by atoms with Crippen molar-refractivity contribution >= 4 is 5.91 Å². The van der Waals surface area contributed by atoms with E-state index in [0.29, 0.717) is 11.8 Å². The van der Waals surface area contributed by atoms with Crippen molar-refractivity contribution in [1.29, 1.82) is 0 Å². The number of carbonyl (C=O) groups is 1. The third-order valence-electron chi connectivity index (χ3n) is 7.71. The summed E-state index contributed by atoms with van der Waals surface area (Å²) in [7, 11) is 0. The van der Waals surface area contributed by atoms with Gasteiger partial charge in [-0.05, 0) is 53.9 Å². The Kier molecular flexibility index (Phi) is 4.42. The van der Waals surface area contributed by atoms with Gasteiger partial charge in [-0.2, -0.15) is 0 Å². The van der Waals surface area contributed by atoms with E-state index in [9.17, 15) is 4.79 Å². The van der Waals surface area contributed by atoms with E-state index in [1.54, 1.807) is 0 Å². The van der Waals surface area contributed by atoms with Crippen molar-refractivity contribution in [3.05, 3.63) is 35.9 Å². The third-order valence-corrected chi connectivity index (χ3v) is 7.71. The van der Waals surface area contributed by atoms with Crippen LogP contribution in [0.2, 0.25) is 0 Å². The van der Waals surface area contributed by atoms with Gasteiger partial charge in [0.1, 0.15) is 0 Å². The van der Waals surface area contributed by atoms with Crippen molar-refractivity contribution in [3.63, 3.8) is 0 Å². The molecule has 1 spiro atoms. The predicted octanol–water partition coefficient (Wildman–Crippen LogP) is 4.21. The Morgan fingerprint density at radius 3 is 2.69 bits per heavy atom. The van der Waals surface area contributed by atoms with Crippen molar-refractivity contribution < 1.29 is 9.53 Å². The topological polar surface area (TPSA) is 38.3 Å². The monoisotopic (exact) mass is 355 g/mol. The van der Waals surface area contributed by atoms with Crippen LogP contribution in [0.15, 0.2) is 30.3 Å². The maximum absolute atomic E-state index is 12.6. The fourth-order valence-corrected chi connectivity index (χ4v) is 6.27. The summed E-state index contributed by atoms with van der Waals surface area (Å²) < 4.78 is 6.30. The molecule has 1 amide bonds. The van der Waals surface area contributed by atoms with Crippen molar-refractivity contribution in [1.82, 2.24) is 5.32 Å². The summed E-state index contributed by atoms with van der Waals surface area (Å²) in [5.41, 5.74) is 1.76. The highest BCUT2D eigenvalue weighted by Gasteiger charge is 2.68. The van der Waals surface area contributed by atoms with Crippen LogP contribution < -0.4 is 5.32 Å². The lowest BCUT2D eigenvalue weighted by Gasteiger charge is -2.53. The van der Waals surface area contributed by atoms with E-state index in [4.69, 9.17) is 4.74 Å². The minimum Gasteiger partial charge on any atom is -0.378 e. The molecule has 1 N–H and O–H groups in total. The van der Waals surface area contributed by atoms with Crippen LogP contribution in [0.1, 0.15) is 52.5 Å². The molecule has 2 saturated carbocycles. The second-order valence-electron chi connectivity index (χ2n) is 9.74. The minimum absolute atomic E-state index is 0.0414. The van der Waals surface area contributed by atoms with Gasteiger partial charge in [0.15, 0.2) is 0 Å². The largest absolute Gasteiger partial charge is 0.378 e. The number of nitrogens with one attached hydrogen (secondary N) is 1. The summed E-state index contributed by atoms with van der Waals surface area (Å²) in [6, 6.07) is 11.0. The molecule has 1 aromatic rings. The first-order chi connectivity index (χ1) is 12.3. The lowest BCUT2D eigenvalue weighted by molar-refractivity contribution is -0.138. The average Bonchev–Trinajstić information content (AvgIpc) is 3.09. The zero-order valence-corrected chi connectivity index (χ0v) is 16.6. The van der Waals surface area contributed by atoms with Gasteiger partial charge in [-0.1, -0.05) is 58.0 Å². The quantitative estimate of drug-likeness (QED) is 0.878. The van der Waals surface area contributed by atoms with Crippen molar-refractivity contribution in [2.24, 2.45) is 28.6 Å². The van der Waals surface area contributed by atoms with Gasteiger partial charge in [0.2, 0.25) is 5.91 Å². The van der Waals surface area contributed by atoms with Crippen molar-refractivity contribution in [2.45, 2.75) is 65.5 Å². The minimum atomic E-state index is 0.0414. The van der Waals surface area contributed by atoms with E-state index < -0.39 is 0 Å². The lowest BCUT2D eigenvalue weighted by Crippen LogP contribution is -2.61. The molecule has 1 heterocycles. The Hall–Kier alpha value is -1.35. The molecule has 1 unspecified atom stereocenters. The second kappa shape index (κ2) is 6.37. The van der Waals surface area contributed by atoms with Gasteiger partial charge in [0.25, 0.3) is 0 Å². The SMILES string of the molecule is CC(C)C(=O)N[C@H]1C(C)(C)[C@@H]2C[C@@H]3[C@@H](Cc4ccccc4)OCCC31C2. The van der Waals surface area contributed by atoms with Gasteiger partial charge in [0.05, 0.1) is 6.10 Å². The van der Waals surface area contributed by atoms with Gasteiger partial charge in [-0.3, -0.25) is 4.79 Å². The number of hydrogen-bond acceptors (Lipinski definition) is 2. The summed E-state index contributed by atoms with van der Waals surface area (Å²) in [5, 5.41) is 3.48. The highest BCUT2D eigenvalue weighted by Crippen LogP contribution is 2.68. The molecule has 3 aliphatic rings. The number of fused-ring (bicyclic) bond motifs is 1. The van der Waals surface area contributed by atoms with Crippen LogP contribution in [0.3, 0.4) is 0 Å². The van der Waals surface area contributed by atoms with Gasteiger partial charge >= 0.3 is 0 Å².